The van der Waals surface area contributed by atoms with Gasteiger partial charge in [-0.3, -0.25) is 4.18 Å². The molecule has 1 aromatic carbocycles. The maximum absolute atomic E-state index is 12.0. The zero-order chi connectivity index (χ0) is 13.4. The molecule has 1 fully saturated rings. The summed E-state index contributed by atoms with van der Waals surface area (Å²) in [6, 6.07) is 6.55. The van der Waals surface area contributed by atoms with E-state index < -0.39 is 21.8 Å². The molecule has 0 saturated heterocycles. The van der Waals surface area contributed by atoms with Crippen molar-refractivity contribution in [1.82, 2.24) is 0 Å². The second-order valence-corrected chi connectivity index (χ2v) is 6.80. The minimum Gasteiger partial charge on any atom is -0.390 e. The molecule has 0 aliphatic heterocycles. The molecule has 1 aromatic rings. The van der Waals surface area contributed by atoms with Gasteiger partial charge in [0.15, 0.2) is 0 Å². The first-order valence-electron chi connectivity index (χ1n) is 6.01. The zero-order valence-corrected chi connectivity index (χ0v) is 11.4. The standard InChI is InChI=1S/C13H18O4S/c1-10-3-5-12(6-4-10)18(15,16)17-11-7-8-13(2,14)9-11/h3-6,11,14H,7-9H2,1-2H3. The summed E-state index contributed by atoms with van der Waals surface area (Å²) in [4.78, 5) is 0.166. The molecule has 0 radical (unpaired) electrons. The molecule has 0 heterocycles. The van der Waals surface area contributed by atoms with Gasteiger partial charge in [0.25, 0.3) is 10.1 Å². The molecule has 100 valence electrons. The van der Waals surface area contributed by atoms with Gasteiger partial charge in [-0.05, 0) is 38.8 Å². The molecular formula is C13H18O4S. The Hall–Kier alpha value is -0.910. The molecule has 2 unspecified atom stereocenters. The average Bonchev–Trinajstić information content (AvgIpc) is 2.57. The fourth-order valence-electron chi connectivity index (χ4n) is 2.19. The maximum Gasteiger partial charge on any atom is 0.297 e. The second kappa shape index (κ2) is 4.64. The van der Waals surface area contributed by atoms with Crippen molar-refractivity contribution >= 4 is 10.1 Å². The Labute approximate surface area is 108 Å². The molecule has 18 heavy (non-hydrogen) atoms. The van der Waals surface area contributed by atoms with Crippen LogP contribution in [0, 0.1) is 6.92 Å². The van der Waals surface area contributed by atoms with Gasteiger partial charge < -0.3 is 5.11 Å². The topological polar surface area (TPSA) is 63.6 Å². The van der Waals surface area contributed by atoms with E-state index in [-0.39, 0.29) is 4.90 Å². The second-order valence-electron chi connectivity index (χ2n) is 5.23. The largest absolute Gasteiger partial charge is 0.390 e. The molecule has 2 rings (SSSR count). The van der Waals surface area contributed by atoms with Crippen molar-refractivity contribution in [2.24, 2.45) is 0 Å². The van der Waals surface area contributed by atoms with Gasteiger partial charge in [0, 0.05) is 6.42 Å². The van der Waals surface area contributed by atoms with Gasteiger partial charge >= 0.3 is 0 Å². The summed E-state index contributed by atoms with van der Waals surface area (Å²) >= 11 is 0. The summed E-state index contributed by atoms with van der Waals surface area (Å²) in [7, 11) is -3.72. The predicted molar refractivity (Wildman–Crippen MR) is 67.7 cm³/mol. The number of aryl methyl sites for hydroxylation is 1. The van der Waals surface area contributed by atoms with E-state index in [9.17, 15) is 13.5 Å². The molecule has 4 nitrogen and oxygen atoms in total. The van der Waals surface area contributed by atoms with Crippen molar-refractivity contribution in [2.45, 2.75) is 49.7 Å². The van der Waals surface area contributed by atoms with Crippen molar-refractivity contribution in [1.29, 1.82) is 0 Å². The summed E-state index contributed by atoms with van der Waals surface area (Å²) < 4.78 is 29.2. The van der Waals surface area contributed by atoms with Gasteiger partial charge in [0.2, 0.25) is 0 Å². The van der Waals surface area contributed by atoms with Crippen LogP contribution in [0.1, 0.15) is 31.7 Å². The third kappa shape index (κ3) is 3.10. The lowest BCUT2D eigenvalue weighted by Gasteiger charge is -2.16. The van der Waals surface area contributed by atoms with E-state index in [1.807, 2.05) is 6.92 Å². The quantitative estimate of drug-likeness (QED) is 0.853. The van der Waals surface area contributed by atoms with Gasteiger partial charge in [-0.25, -0.2) is 0 Å². The number of benzene rings is 1. The Morgan fingerprint density at radius 2 is 1.94 bits per heavy atom. The Kier molecular flexibility index (Phi) is 3.49. The van der Waals surface area contributed by atoms with Gasteiger partial charge in [-0.15, -0.1) is 0 Å². The van der Waals surface area contributed by atoms with E-state index >= 15 is 0 Å². The third-order valence-corrected chi connectivity index (χ3v) is 4.62. The van der Waals surface area contributed by atoms with Crippen LogP contribution in [-0.2, 0) is 14.3 Å². The van der Waals surface area contributed by atoms with Crippen molar-refractivity contribution in [3.8, 4) is 0 Å². The first kappa shape index (κ1) is 13.5. The van der Waals surface area contributed by atoms with Crippen molar-refractivity contribution in [2.75, 3.05) is 0 Å². The molecule has 0 spiro atoms. The van der Waals surface area contributed by atoms with Gasteiger partial charge in [0.05, 0.1) is 16.6 Å². The van der Waals surface area contributed by atoms with Crippen LogP contribution in [0.3, 0.4) is 0 Å². The average molecular weight is 270 g/mol. The molecular weight excluding hydrogens is 252 g/mol. The van der Waals surface area contributed by atoms with Crippen LogP contribution in [-0.4, -0.2) is 25.2 Å². The Bertz CT molecular complexity index is 516. The minimum absolute atomic E-state index is 0.166. The smallest absolute Gasteiger partial charge is 0.297 e. The Morgan fingerprint density at radius 1 is 1.33 bits per heavy atom. The van der Waals surface area contributed by atoms with Crippen LogP contribution in [0.15, 0.2) is 29.2 Å². The summed E-state index contributed by atoms with van der Waals surface area (Å²) in [5.41, 5.74) is 0.186. The SMILES string of the molecule is Cc1ccc(S(=O)(=O)OC2CCC(C)(O)C2)cc1. The Morgan fingerprint density at radius 3 is 2.44 bits per heavy atom. The van der Waals surface area contributed by atoms with E-state index in [1.165, 1.54) is 12.1 Å². The molecule has 0 aromatic heterocycles. The lowest BCUT2D eigenvalue weighted by atomic mass is 10.1. The highest BCUT2D eigenvalue weighted by Crippen LogP contribution is 2.33. The molecule has 0 bridgehead atoms. The fraction of sp³-hybridized carbons (Fsp3) is 0.538. The third-order valence-electron chi connectivity index (χ3n) is 3.24. The fourth-order valence-corrected chi connectivity index (χ4v) is 3.29. The van der Waals surface area contributed by atoms with Crippen LogP contribution in [0.25, 0.3) is 0 Å². The first-order chi connectivity index (χ1) is 8.28. The molecule has 0 amide bonds. The van der Waals surface area contributed by atoms with E-state index in [1.54, 1.807) is 19.1 Å². The summed E-state index contributed by atoms with van der Waals surface area (Å²) in [5.74, 6) is 0. The van der Waals surface area contributed by atoms with Gasteiger partial charge in [-0.2, -0.15) is 8.42 Å². The normalized spacial score (nSPS) is 28.5. The molecule has 2 atom stereocenters. The summed E-state index contributed by atoms with van der Waals surface area (Å²) in [5, 5.41) is 9.79. The minimum atomic E-state index is -3.72. The lowest BCUT2D eigenvalue weighted by Crippen LogP contribution is -2.22. The van der Waals surface area contributed by atoms with Crippen molar-refractivity contribution < 1.29 is 17.7 Å². The van der Waals surface area contributed by atoms with E-state index in [4.69, 9.17) is 4.18 Å². The highest BCUT2D eigenvalue weighted by atomic mass is 32.2. The maximum atomic E-state index is 12.0. The molecule has 1 saturated carbocycles. The first-order valence-corrected chi connectivity index (χ1v) is 7.42. The lowest BCUT2D eigenvalue weighted by molar-refractivity contribution is 0.0553. The van der Waals surface area contributed by atoms with E-state index in [2.05, 4.69) is 0 Å². The summed E-state index contributed by atoms with van der Waals surface area (Å²) in [6.45, 7) is 3.60. The van der Waals surface area contributed by atoms with Gasteiger partial charge in [0.1, 0.15) is 0 Å². The molecule has 5 heteroatoms. The van der Waals surface area contributed by atoms with Crippen LogP contribution < -0.4 is 0 Å². The van der Waals surface area contributed by atoms with Crippen LogP contribution in [0.5, 0.6) is 0 Å². The van der Waals surface area contributed by atoms with E-state index in [0.29, 0.717) is 19.3 Å². The van der Waals surface area contributed by atoms with E-state index in [0.717, 1.165) is 5.56 Å². The number of aliphatic hydroxyl groups is 1. The van der Waals surface area contributed by atoms with Crippen LogP contribution in [0.4, 0.5) is 0 Å². The zero-order valence-electron chi connectivity index (χ0n) is 10.6. The van der Waals surface area contributed by atoms with Crippen molar-refractivity contribution in [3.05, 3.63) is 29.8 Å². The Balaban J connectivity index is 2.11. The van der Waals surface area contributed by atoms with Crippen LogP contribution >= 0.6 is 0 Å². The molecule has 1 N–H and O–H groups in total. The number of hydrogen-bond acceptors (Lipinski definition) is 4. The summed E-state index contributed by atoms with van der Waals surface area (Å²) in [6.07, 6.45) is 1.07. The molecule has 1 aliphatic rings. The highest BCUT2D eigenvalue weighted by molar-refractivity contribution is 7.86. The molecule has 1 aliphatic carbocycles. The van der Waals surface area contributed by atoms with Gasteiger partial charge in [-0.1, -0.05) is 17.7 Å². The monoisotopic (exact) mass is 270 g/mol. The van der Waals surface area contributed by atoms with Crippen molar-refractivity contribution in [3.63, 3.8) is 0 Å². The number of rotatable bonds is 3. The van der Waals surface area contributed by atoms with Crippen LogP contribution in [0.2, 0.25) is 0 Å². The predicted octanol–water partition coefficient (Wildman–Crippen LogP) is 2.00. The highest BCUT2D eigenvalue weighted by Gasteiger charge is 2.36. The number of hydrogen-bond donors (Lipinski definition) is 1.